The van der Waals surface area contributed by atoms with Gasteiger partial charge in [0.2, 0.25) is 0 Å². The third-order valence-corrected chi connectivity index (χ3v) is 4.42. The first-order valence-corrected chi connectivity index (χ1v) is 8.28. The summed E-state index contributed by atoms with van der Waals surface area (Å²) in [6.45, 7) is 2.61. The second-order valence-electron chi connectivity index (χ2n) is 5.37. The van der Waals surface area contributed by atoms with Crippen molar-refractivity contribution < 1.29 is 9.84 Å². The molecule has 0 unspecified atom stereocenters. The summed E-state index contributed by atoms with van der Waals surface area (Å²) in [5.41, 5.74) is 0.579. The van der Waals surface area contributed by atoms with Crippen molar-refractivity contribution in [1.82, 2.24) is 9.78 Å². The molecule has 2 aromatic heterocycles. The SMILES string of the molecule is Cc1nn(C[C@H](O)COCc2cccs2)c(=O)c2ccccc12. The van der Waals surface area contributed by atoms with Crippen LogP contribution in [0.15, 0.2) is 46.6 Å². The van der Waals surface area contributed by atoms with Gasteiger partial charge in [-0.15, -0.1) is 11.3 Å². The molecule has 0 fully saturated rings. The first-order chi connectivity index (χ1) is 11.1. The first kappa shape index (κ1) is 15.9. The maximum atomic E-state index is 12.4. The van der Waals surface area contributed by atoms with E-state index in [-0.39, 0.29) is 18.7 Å². The number of aliphatic hydroxyl groups is 1. The Morgan fingerprint density at radius 3 is 2.78 bits per heavy atom. The van der Waals surface area contributed by atoms with Crippen LogP contribution in [0.25, 0.3) is 10.8 Å². The number of benzene rings is 1. The van der Waals surface area contributed by atoms with Gasteiger partial charge in [0.25, 0.3) is 5.56 Å². The summed E-state index contributed by atoms with van der Waals surface area (Å²) in [5.74, 6) is 0. The zero-order chi connectivity index (χ0) is 16.2. The van der Waals surface area contributed by atoms with Crippen LogP contribution in [0.2, 0.25) is 0 Å². The molecule has 1 atom stereocenters. The normalized spacial score (nSPS) is 12.6. The molecular formula is C17H18N2O3S. The molecule has 3 rings (SSSR count). The van der Waals surface area contributed by atoms with Crippen molar-refractivity contribution in [2.45, 2.75) is 26.2 Å². The minimum atomic E-state index is -0.777. The molecule has 3 aromatic rings. The second kappa shape index (κ2) is 7.04. The second-order valence-corrected chi connectivity index (χ2v) is 6.40. The topological polar surface area (TPSA) is 64.3 Å². The summed E-state index contributed by atoms with van der Waals surface area (Å²) in [6, 6.07) is 11.3. The van der Waals surface area contributed by atoms with Gasteiger partial charge in [-0.3, -0.25) is 4.79 Å². The third-order valence-electron chi connectivity index (χ3n) is 3.57. The minimum absolute atomic E-state index is 0.120. The fourth-order valence-electron chi connectivity index (χ4n) is 2.47. The first-order valence-electron chi connectivity index (χ1n) is 7.40. The van der Waals surface area contributed by atoms with E-state index in [1.54, 1.807) is 17.4 Å². The molecule has 0 spiro atoms. The summed E-state index contributed by atoms with van der Waals surface area (Å²) >= 11 is 1.61. The number of ether oxygens (including phenoxy) is 1. The molecular weight excluding hydrogens is 312 g/mol. The standard InChI is InChI=1S/C17H18N2O3S/c1-12-15-6-2-3-7-16(15)17(21)19(18-12)9-13(20)10-22-11-14-5-4-8-23-14/h2-8,13,20H,9-11H2,1H3/t13-/m0/s1. The van der Waals surface area contributed by atoms with E-state index in [1.165, 1.54) is 4.68 Å². The number of hydrogen-bond donors (Lipinski definition) is 1. The Hall–Kier alpha value is -2.02. The highest BCUT2D eigenvalue weighted by Gasteiger charge is 2.12. The summed E-state index contributed by atoms with van der Waals surface area (Å²) in [4.78, 5) is 13.5. The van der Waals surface area contributed by atoms with Crippen LogP contribution in [0.4, 0.5) is 0 Å². The number of fused-ring (bicyclic) bond motifs is 1. The molecule has 23 heavy (non-hydrogen) atoms. The van der Waals surface area contributed by atoms with Gasteiger partial charge in [0.15, 0.2) is 0 Å². The molecule has 0 aliphatic carbocycles. The molecule has 0 bridgehead atoms. The van der Waals surface area contributed by atoms with Crippen LogP contribution in [-0.2, 0) is 17.9 Å². The van der Waals surface area contributed by atoms with Crippen LogP contribution >= 0.6 is 11.3 Å². The van der Waals surface area contributed by atoms with Gasteiger partial charge in [-0.05, 0) is 24.4 Å². The monoisotopic (exact) mass is 330 g/mol. The molecule has 0 saturated heterocycles. The molecule has 6 heteroatoms. The smallest absolute Gasteiger partial charge is 0.274 e. The highest BCUT2D eigenvalue weighted by molar-refractivity contribution is 7.09. The lowest BCUT2D eigenvalue weighted by atomic mass is 10.1. The Morgan fingerprint density at radius 2 is 2.04 bits per heavy atom. The van der Waals surface area contributed by atoms with Gasteiger partial charge in [-0.25, -0.2) is 4.68 Å². The fourth-order valence-corrected chi connectivity index (χ4v) is 3.11. The number of aryl methyl sites for hydroxylation is 1. The van der Waals surface area contributed by atoms with Gasteiger partial charge >= 0.3 is 0 Å². The van der Waals surface area contributed by atoms with Crippen molar-refractivity contribution in [1.29, 1.82) is 0 Å². The van der Waals surface area contributed by atoms with Gasteiger partial charge in [0.1, 0.15) is 0 Å². The highest BCUT2D eigenvalue weighted by Crippen LogP contribution is 2.12. The maximum Gasteiger partial charge on any atom is 0.274 e. The predicted octanol–water partition coefficient (Wildman–Crippen LogP) is 2.34. The van der Waals surface area contributed by atoms with E-state index in [0.717, 1.165) is 16.0 Å². The molecule has 0 amide bonds. The lowest BCUT2D eigenvalue weighted by Gasteiger charge is -2.13. The number of rotatable bonds is 6. The van der Waals surface area contributed by atoms with Gasteiger partial charge in [-0.1, -0.05) is 24.3 Å². The lowest BCUT2D eigenvalue weighted by Crippen LogP contribution is -2.31. The van der Waals surface area contributed by atoms with Crippen LogP contribution in [0, 0.1) is 6.92 Å². The molecule has 0 radical (unpaired) electrons. The van der Waals surface area contributed by atoms with Crippen molar-refractivity contribution in [2.75, 3.05) is 6.61 Å². The highest BCUT2D eigenvalue weighted by atomic mass is 32.1. The van der Waals surface area contributed by atoms with Crippen molar-refractivity contribution in [3.63, 3.8) is 0 Å². The largest absolute Gasteiger partial charge is 0.389 e. The van der Waals surface area contributed by atoms with E-state index in [9.17, 15) is 9.90 Å². The summed E-state index contributed by atoms with van der Waals surface area (Å²) in [6.07, 6.45) is -0.777. The molecule has 0 aliphatic heterocycles. The van der Waals surface area contributed by atoms with Crippen LogP contribution in [0.3, 0.4) is 0 Å². The number of hydrogen-bond acceptors (Lipinski definition) is 5. The molecule has 2 heterocycles. The van der Waals surface area contributed by atoms with Crippen LogP contribution in [-0.4, -0.2) is 27.6 Å². The van der Waals surface area contributed by atoms with E-state index in [0.29, 0.717) is 12.0 Å². The average Bonchev–Trinajstić information content (AvgIpc) is 3.06. The van der Waals surface area contributed by atoms with Crippen molar-refractivity contribution >= 4 is 22.1 Å². The van der Waals surface area contributed by atoms with Crippen molar-refractivity contribution in [2.24, 2.45) is 0 Å². The summed E-state index contributed by atoms with van der Waals surface area (Å²) in [5, 5.41) is 17.8. The minimum Gasteiger partial charge on any atom is -0.389 e. The Balaban J connectivity index is 1.68. The van der Waals surface area contributed by atoms with E-state index in [1.807, 2.05) is 42.6 Å². The van der Waals surface area contributed by atoms with Crippen molar-refractivity contribution in [3.05, 3.63) is 62.7 Å². The van der Waals surface area contributed by atoms with Crippen LogP contribution in [0.5, 0.6) is 0 Å². The zero-order valence-electron chi connectivity index (χ0n) is 12.8. The Labute approximate surface area is 137 Å². The van der Waals surface area contributed by atoms with E-state index in [2.05, 4.69) is 5.10 Å². The van der Waals surface area contributed by atoms with Gasteiger partial charge in [-0.2, -0.15) is 5.10 Å². The number of aliphatic hydroxyl groups excluding tert-OH is 1. The van der Waals surface area contributed by atoms with Gasteiger partial charge in [0, 0.05) is 10.3 Å². The molecule has 5 nitrogen and oxygen atoms in total. The lowest BCUT2D eigenvalue weighted by molar-refractivity contribution is 0.0189. The number of aromatic nitrogens is 2. The Kier molecular flexibility index (Phi) is 4.85. The van der Waals surface area contributed by atoms with Crippen LogP contribution in [0.1, 0.15) is 10.6 Å². The van der Waals surface area contributed by atoms with Crippen molar-refractivity contribution in [3.8, 4) is 0 Å². The molecule has 0 aliphatic rings. The van der Waals surface area contributed by atoms with Crippen LogP contribution < -0.4 is 5.56 Å². The predicted molar refractivity (Wildman–Crippen MR) is 90.7 cm³/mol. The molecule has 120 valence electrons. The number of nitrogens with zero attached hydrogens (tertiary/aromatic N) is 2. The van der Waals surface area contributed by atoms with E-state index < -0.39 is 6.10 Å². The van der Waals surface area contributed by atoms with E-state index >= 15 is 0 Å². The summed E-state index contributed by atoms with van der Waals surface area (Å²) in [7, 11) is 0. The molecule has 1 N–H and O–H groups in total. The average molecular weight is 330 g/mol. The maximum absolute atomic E-state index is 12.4. The fraction of sp³-hybridized carbons (Fsp3) is 0.294. The molecule has 1 aromatic carbocycles. The van der Waals surface area contributed by atoms with Gasteiger partial charge in [0.05, 0.1) is 36.9 Å². The zero-order valence-corrected chi connectivity index (χ0v) is 13.6. The Morgan fingerprint density at radius 1 is 1.26 bits per heavy atom. The Bertz CT molecular complexity index is 843. The molecule has 0 saturated carbocycles. The summed E-state index contributed by atoms with van der Waals surface area (Å²) < 4.78 is 6.80. The quantitative estimate of drug-likeness (QED) is 0.753. The third kappa shape index (κ3) is 3.67. The number of thiophene rings is 1. The van der Waals surface area contributed by atoms with E-state index in [4.69, 9.17) is 4.74 Å². The van der Waals surface area contributed by atoms with Gasteiger partial charge < -0.3 is 9.84 Å².